The van der Waals surface area contributed by atoms with Gasteiger partial charge in [-0.15, -0.1) is 0 Å². The van der Waals surface area contributed by atoms with E-state index in [4.69, 9.17) is 12.2 Å². The molecule has 1 saturated heterocycles. The van der Waals surface area contributed by atoms with E-state index in [1.165, 1.54) is 0 Å². The molecule has 0 amide bonds. The number of pyridine rings is 1. The number of nitrogens with zero attached hydrogens (tertiary/aromatic N) is 4. The molecule has 1 aliphatic heterocycles. The number of rotatable bonds is 6. The van der Waals surface area contributed by atoms with Gasteiger partial charge in [0.25, 0.3) is 0 Å². The number of anilines is 2. The highest BCUT2D eigenvalue weighted by Gasteiger charge is 2.42. The number of carbonyl (C=O) groups is 1. The zero-order chi connectivity index (χ0) is 24.5. The molecule has 35 heavy (non-hydrogen) atoms. The lowest BCUT2D eigenvalue weighted by molar-refractivity contribution is 0.0697. The van der Waals surface area contributed by atoms with Crippen LogP contribution in [0.4, 0.5) is 11.4 Å². The normalized spacial score (nSPS) is 17.3. The standard InChI is InChI=1S/C27H25N5O2S/c1-30(2)19-11-13-20(14-12-19)32-25(24(29-27(32)35)22-9-3-4-15-28-22)23-10-6-16-31(23)21-8-5-7-18(17-21)26(33)34/h3-17,24-25H,1-2H3,(H,29,35)(H,33,34)/t24-,25-/m1/s1. The largest absolute Gasteiger partial charge is 0.478 e. The van der Waals surface area contributed by atoms with Gasteiger partial charge in [-0.3, -0.25) is 4.98 Å². The van der Waals surface area contributed by atoms with Crippen LogP contribution in [0.25, 0.3) is 5.69 Å². The van der Waals surface area contributed by atoms with Gasteiger partial charge in [0.1, 0.15) is 6.04 Å². The first-order valence-electron chi connectivity index (χ1n) is 11.2. The first-order valence-corrected chi connectivity index (χ1v) is 11.6. The zero-order valence-electron chi connectivity index (χ0n) is 19.4. The average molecular weight is 484 g/mol. The van der Waals surface area contributed by atoms with Gasteiger partial charge >= 0.3 is 5.97 Å². The molecule has 2 aromatic carbocycles. The first-order chi connectivity index (χ1) is 16.9. The predicted molar refractivity (Wildman–Crippen MR) is 141 cm³/mol. The van der Waals surface area contributed by atoms with Gasteiger partial charge in [-0.05, 0) is 78.9 Å². The minimum Gasteiger partial charge on any atom is -0.478 e. The second kappa shape index (κ2) is 9.23. The van der Waals surface area contributed by atoms with E-state index in [-0.39, 0.29) is 17.6 Å². The van der Waals surface area contributed by atoms with Crippen molar-refractivity contribution in [2.45, 2.75) is 12.1 Å². The Morgan fingerprint density at radius 2 is 1.80 bits per heavy atom. The Balaban J connectivity index is 1.64. The quantitative estimate of drug-likeness (QED) is 0.381. The number of nitrogens with one attached hydrogen (secondary N) is 1. The molecule has 7 nitrogen and oxygen atoms in total. The van der Waals surface area contributed by atoms with Crippen LogP contribution >= 0.6 is 12.2 Å². The van der Waals surface area contributed by atoms with Crippen LogP contribution in [-0.2, 0) is 0 Å². The highest BCUT2D eigenvalue weighted by Crippen LogP contribution is 2.42. The molecule has 176 valence electrons. The van der Waals surface area contributed by atoms with Gasteiger partial charge in [0.2, 0.25) is 0 Å². The molecule has 0 spiro atoms. The van der Waals surface area contributed by atoms with Gasteiger partial charge in [0.15, 0.2) is 5.11 Å². The molecule has 0 unspecified atom stereocenters. The van der Waals surface area contributed by atoms with Crippen LogP contribution in [0.1, 0.15) is 33.8 Å². The van der Waals surface area contributed by atoms with Crippen molar-refractivity contribution in [2.75, 3.05) is 23.9 Å². The van der Waals surface area contributed by atoms with Crippen molar-refractivity contribution in [3.63, 3.8) is 0 Å². The summed E-state index contributed by atoms with van der Waals surface area (Å²) in [6.45, 7) is 0. The van der Waals surface area contributed by atoms with Gasteiger partial charge < -0.3 is 24.8 Å². The highest BCUT2D eigenvalue weighted by molar-refractivity contribution is 7.80. The Morgan fingerprint density at radius 3 is 2.49 bits per heavy atom. The maximum Gasteiger partial charge on any atom is 0.335 e. The average Bonchev–Trinajstić information content (AvgIpc) is 3.49. The second-order valence-electron chi connectivity index (χ2n) is 8.57. The summed E-state index contributed by atoms with van der Waals surface area (Å²) in [5.74, 6) is -0.960. The third-order valence-electron chi connectivity index (χ3n) is 6.20. The van der Waals surface area contributed by atoms with Crippen LogP contribution in [0, 0.1) is 0 Å². The molecule has 2 atom stereocenters. The summed E-state index contributed by atoms with van der Waals surface area (Å²) in [6.07, 6.45) is 3.72. The second-order valence-corrected chi connectivity index (χ2v) is 8.95. The fourth-order valence-electron chi connectivity index (χ4n) is 4.50. The van der Waals surface area contributed by atoms with Crippen LogP contribution in [0.3, 0.4) is 0 Å². The predicted octanol–water partition coefficient (Wildman–Crippen LogP) is 4.81. The molecule has 1 aliphatic rings. The van der Waals surface area contributed by atoms with Gasteiger partial charge in [-0.25, -0.2) is 4.79 Å². The molecule has 0 saturated carbocycles. The van der Waals surface area contributed by atoms with E-state index >= 15 is 0 Å². The van der Waals surface area contributed by atoms with Crippen molar-refractivity contribution in [1.82, 2.24) is 14.9 Å². The zero-order valence-corrected chi connectivity index (χ0v) is 20.2. The number of aromatic nitrogens is 2. The number of thiocarbonyl (C=S) groups is 1. The van der Waals surface area contributed by atoms with Crippen molar-refractivity contribution >= 4 is 34.7 Å². The van der Waals surface area contributed by atoms with Gasteiger partial charge in [0, 0.05) is 49.2 Å². The van der Waals surface area contributed by atoms with Crippen LogP contribution in [0.2, 0.25) is 0 Å². The number of hydrogen-bond donors (Lipinski definition) is 2. The molecule has 3 heterocycles. The van der Waals surface area contributed by atoms with E-state index in [1.54, 1.807) is 24.4 Å². The Bertz CT molecular complexity index is 1370. The summed E-state index contributed by atoms with van der Waals surface area (Å²) in [7, 11) is 4.02. The van der Waals surface area contributed by atoms with Crippen molar-refractivity contribution in [2.24, 2.45) is 0 Å². The smallest absolute Gasteiger partial charge is 0.335 e. The SMILES string of the molecule is CN(C)c1ccc(N2C(=S)N[C@H](c3ccccn3)[C@H]2c2cccn2-c2cccc(C(=O)O)c2)cc1. The molecule has 0 bridgehead atoms. The summed E-state index contributed by atoms with van der Waals surface area (Å²) in [4.78, 5) is 20.4. The van der Waals surface area contributed by atoms with Crippen LogP contribution < -0.4 is 15.1 Å². The van der Waals surface area contributed by atoms with E-state index in [0.29, 0.717) is 5.11 Å². The monoisotopic (exact) mass is 483 g/mol. The Labute approximate surface area is 209 Å². The lowest BCUT2D eigenvalue weighted by atomic mass is 10.0. The molecule has 0 radical (unpaired) electrons. The lowest BCUT2D eigenvalue weighted by Crippen LogP contribution is -2.30. The molecule has 4 aromatic rings. The van der Waals surface area contributed by atoms with E-state index in [0.717, 1.165) is 28.5 Å². The Hall–Kier alpha value is -4.17. The number of benzene rings is 2. The Kier molecular flexibility index (Phi) is 5.96. The molecular weight excluding hydrogens is 458 g/mol. The van der Waals surface area contributed by atoms with E-state index in [9.17, 15) is 9.90 Å². The van der Waals surface area contributed by atoms with Crippen molar-refractivity contribution in [1.29, 1.82) is 0 Å². The molecule has 2 aromatic heterocycles. The summed E-state index contributed by atoms with van der Waals surface area (Å²) in [6, 6.07) is 24.6. The van der Waals surface area contributed by atoms with Crippen LogP contribution in [-0.4, -0.2) is 39.8 Å². The van der Waals surface area contributed by atoms with Crippen molar-refractivity contribution < 1.29 is 9.90 Å². The Morgan fingerprint density at radius 1 is 1.00 bits per heavy atom. The number of hydrogen-bond acceptors (Lipinski definition) is 4. The molecule has 5 rings (SSSR count). The summed E-state index contributed by atoms with van der Waals surface area (Å²) >= 11 is 5.84. The lowest BCUT2D eigenvalue weighted by Gasteiger charge is -2.29. The maximum absolute atomic E-state index is 11.6. The summed E-state index contributed by atoms with van der Waals surface area (Å²) < 4.78 is 2.02. The van der Waals surface area contributed by atoms with Crippen molar-refractivity contribution in [3.05, 3.63) is 108 Å². The van der Waals surface area contributed by atoms with Gasteiger partial charge in [-0.1, -0.05) is 12.1 Å². The molecule has 8 heteroatoms. The summed E-state index contributed by atoms with van der Waals surface area (Å²) in [5.41, 5.74) is 4.90. The number of carboxylic acid groups (broad SMARTS) is 1. The van der Waals surface area contributed by atoms with E-state index in [1.807, 2.05) is 61.3 Å². The number of carboxylic acids is 1. The molecule has 2 N–H and O–H groups in total. The van der Waals surface area contributed by atoms with E-state index in [2.05, 4.69) is 44.4 Å². The topological polar surface area (TPSA) is 73.6 Å². The highest BCUT2D eigenvalue weighted by atomic mass is 32.1. The molecule has 0 aliphatic carbocycles. The van der Waals surface area contributed by atoms with Gasteiger partial charge in [-0.2, -0.15) is 0 Å². The fraction of sp³-hybridized carbons (Fsp3) is 0.148. The molecular formula is C27H25N5O2S. The van der Waals surface area contributed by atoms with Crippen LogP contribution in [0.15, 0.2) is 91.3 Å². The first kappa shape index (κ1) is 22.6. The molecule has 1 fully saturated rings. The third kappa shape index (κ3) is 4.24. The minimum absolute atomic E-state index is 0.200. The minimum atomic E-state index is -0.960. The van der Waals surface area contributed by atoms with Gasteiger partial charge in [0.05, 0.1) is 17.3 Å². The number of aromatic carboxylic acids is 1. The third-order valence-corrected chi connectivity index (χ3v) is 6.51. The van der Waals surface area contributed by atoms with E-state index < -0.39 is 5.97 Å². The van der Waals surface area contributed by atoms with Crippen LogP contribution in [0.5, 0.6) is 0 Å². The van der Waals surface area contributed by atoms with Crippen molar-refractivity contribution in [3.8, 4) is 5.69 Å². The fourth-order valence-corrected chi connectivity index (χ4v) is 4.85. The maximum atomic E-state index is 11.6. The summed E-state index contributed by atoms with van der Waals surface area (Å²) in [5, 5.41) is 13.6.